The fraction of sp³-hybridized carbons (Fsp3) is 0.550. The number of hydrogen-bond acceptors (Lipinski definition) is 3. The molecule has 1 aromatic heterocycles. The monoisotopic (exact) mass is 398 g/mol. The number of esters is 1. The van der Waals surface area contributed by atoms with E-state index < -0.39 is 24.5 Å². The Balaban J connectivity index is 1.59. The van der Waals surface area contributed by atoms with E-state index in [-0.39, 0.29) is 22.6 Å². The summed E-state index contributed by atoms with van der Waals surface area (Å²) in [5, 5.41) is 0.141. The summed E-state index contributed by atoms with van der Waals surface area (Å²) in [6.45, 7) is -1.25. The van der Waals surface area contributed by atoms with Crippen LogP contribution < -0.4 is 0 Å². The lowest BCUT2D eigenvalue weighted by Gasteiger charge is -2.46. The highest BCUT2D eigenvalue weighted by Crippen LogP contribution is 2.35. The molecular weight excluding hydrogens is 376 g/mol. The van der Waals surface area contributed by atoms with Gasteiger partial charge in [0.15, 0.2) is 0 Å². The summed E-state index contributed by atoms with van der Waals surface area (Å²) in [5.74, 6) is -1.30. The molecule has 0 unspecified atom stereocenters. The lowest BCUT2D eigenvalue weighted by atomic mass is 9.83. The van der Waals surface area contributed by atoms with Gasteiger partial charge in [-0.3, -0.25) is 0 Å². The minimum absolute atomic E-state index is 0.0252. The highest BCUT2D eigenvalue weighted by atomic mass is 19.4. The summed E-state index contributed by atoms with van der Waals surface area (Å²) >= 11 is 0. The molecule has 28 heavy (non-hydrogen) atoms. The van der Waals surface area contributed by atoms with E-state index in [1.807, 2.05) is 0 Å². The second kappa shape index (κ2) is 7.06. The molecule has 152 valence electrons. The first-order valence-corrected chi connectivity index (χ1v) is 9.49. The third-order valence-corrected chi connectivity index (χ3v) is 5.98. The first-order valence-electron chi connectivity index (χ1n) is 9.49. The summed E-state index contributed by atoms with van der Waals surface area (Å²) in [7, 11) is 2.08. The van der Waals surface area contributed by atoms with Crippen molar-refractivity contribution >= 4 is 16.9 Å². The van der Waals surface area contributed by atoms with Crippen LogP contribution in [0, 0.1) is 5.82 Å². The maximum Gasteiger partial charge on any atom is 0.406 e. The lowest BCUT2D eigenvalue weighted by Crippen LogP contribution is -2.52. The zero-order valence-electron chi connectivity index (χ0n) is 15.5. The minimum Gasteiger partial charge on any atom is -0.459 e. The summed E-state index contributed by atoms with van der Waals surface area (Å²) < 4.78 is 58.9. The second-order valence-electron chi connectivity index (χ2n) is 7.85. The standard InChI is InChI=1S/C20H22F4N2O2/c1-25-13-3-2-4-14(25)9-15(8-13)28-19(27)17-10-26(11-20(22,23)24)18-6-5-12(21)7-16(17)18/h5-7,10,13-15H,2-4,8-9,11H2,1H3/t13-,14+,15-. The first-order chi connectivity index (χ1) is 13.2. The number of fused-ring (bicyclic) bond motifs is 3. The van der Waals surface area contributed by atoms with Crippen LogP contribution >= 0.6 is 0 Å². The molecule has 0 amide bonds. The van der Waals surface area contributed by atoms with Crippen molar-refractivity contribution < 1.29 is 27.1 Å². The number of rotatable bonds is 3. The number of ether oxygens (including phenoxy) is 1. The molecule has 4 nitrogen and oxygen atoms in total. The molecule has 3 atom stereocenters. The third-order valence-electron chi connectivity index (χ3n) is 5.98. The summed E-state index contributed by atoms with van der Waals surface area (Å²) in [6.07, 6.45) is 1.10. The first kappa shape index (κ1) is 19.2. The Morgan fingerprint density at radius 3 is 2.54 bits per heavy atom. The van der Waals surface area contributed by atoms with E-state index in [0.29, 0.717) is 24.9 Å². The number of alkyl halides is 3. The van der Waals surface area contributed by atoms with Crippen LogP contribution in [0.2, 0.25) is 0 Å². The van der Waals surface area contributed by atoms with Gasteiger partial charge in [-0.1, -0.05) is 6.42 Å². The van der Waals surface area contributed by atoms with E-state index in [4.69, 9.17) is 4.74 Å². The Labute approximate surface area is 160 Å². The minimum atomic E-state index is -4.45. The number of aromatic nitrogens is 1. The van der Waals surface area contributed by atoms with Crippen molar-refractivity contribution in [2.45, 2.75) is 63.0 Å². The molecule has 2 bridgehead atoms. The smallest absolute Gasteiger partial charge is 0.406 e. The Morgan fingerprint density at radius 2 is 1.89 bits per heavy atom. The maximum absolute atomic E-state index is 13.7. The molecule has 2 saturated heterocycles. The molecule has 0 radical (unpaired) electrons. The van der Waals surface area contributed by atoms with E-state index in [9.17, 15) is 22.4 Å². The normalized spacial score (nSPS) is 25.8. The Bertz CT molecular complexity index is 878. The number of hydrogen-bond donors (Lipinski definition) is 0. The van der Waals surface area contributed by atoms with Crippen molar-refractivity contribution in [1.29, 1.82) is 0 Å². The van der Waals surface area contributed by atoms with Gasteiger partial charge in [0.05, 0.1) is 5.56 Å². The molecule has 1 aromatic carbocycles. The van der Waals surface area contributed by atoms with E-state index >= 15 is 0 Å². The summed E-state index contributed by atoms with van der Waals surface area (Å²) in [4.78, 5) is 15.1. The van der Waals surface area contributed by atoms with Crippen molar-refractivity contribution in [1.82, 2.24) is 9.47 Å². The number of piperidine rings is 2. The fourth-order valence-electron chi connectivity index (χ4n) is 4.63. The molecule has 0 N–H and O–H groups in total. The van der Waals surface area contributed by atoms with Gasteiger partial charge in [-0.15, -0.1) is 0 Å². The maximum atomic E-state index is 13.7. The summed E-state index contributed by atoms with van der Waals surface area (Å²) in [6, 6.07) is 4.14. The third kappa shape index (κ3) is 3.74. The van der Waals surface area contributed by atoms with Crippen LogP contribution in [0.4, 0.5) is 17.6 Å². The summed E-state index contributed by atoms with van der Waals surface area (Å²) in [5.41, 5.74) is 0.133. The van der Waals surface area contributed by atoms with Crippen molar-refractivity contribution in [3.63, 3.8) is 0 Å². The molecule has 2 aliphatic rings. The molecule has 2 fully saturated rings. The zero-order chi connectivity index (χ0) is 20.1. The van der Waals surface area contributed by atoms with Crippen molar-refractivity contribution in [2.75, 3.05) is 7.05 Å². The quantitative estimate of drug-likeness (QED) is 0.563. The second-order valence-corrected chi connectivity index (χ2v) is 7.85. The largest absolute Gasteiger partial charge is 0.459 e. The number of halogens is 4. The lowest BCUT2D eigenvalue weighted by molar-refractivity contribution is -0.139. The van der Waals surface area contributed by atoms with Gasteiger partial charge >= 0.3 is 12.1 Å². The molecular formula is C20H22F4N2O2. The van der Waals surface area contributed by atoms with Crippen LogP contribution in [0.3, 0.4) is 0 Å². The van der Waals surface area contributed by atoms with Crippen LogP contribution in [-0.4, -0.2) is 46.8 Å². The van der Waals surface area contributed by atoms with Crippen LogP contribution in [0.1, 0.15) is 42.5 Å². The zero-order valence-corrected chi connectivity index (χ0v) is 15.5. The number of nitrogens with zero attached hydrogens (tertiary/aromatic N) is 2. The Morgan fingerprint density at radius 1 is 1.21 bits per heavy atom. The molecule has 8 heteroatoms. The van der Waals surface area contributed by atoms with Gasteiger partial charge in [0.1, 0.15) is 18.5 Å². The van der Waals surface area contributed by atoms with Crippen LogP contribution in [-0.2, 0) is 11.3 Å². The molecule has 2 aromatic rings. The predicted octanol–water partition coefficient (Wildman–Crippen LogP) is 4.51. The Kier molecular flexibility index (Phi) is 4.85. The predicted molar refractivity (Wildman–Crippen MR) is 95.6 cm³/mol. The van der Waals surface area contributed by atoms with Gasteiger partial charge in [-0.05, 0) is 38.1 Å². The van der Waals surface area contributed by atoms with E-state index in [1.54, 1.807) is 0 Å². The van der Waals surface area contributed by atoms with E-state index in [0.717, 1.165) is 42.2 Å². The highest BCUT2D eigenvalue weighted by Gasteiger charge is 2.38. The van der Waals surface area contributed by atoms with Gasteiger partial charge in [0, 0.05) is 42.0 Å². The molecule has 0 spiro atoms. The number of carbonyl (C=O) groups excluding carboxylic acids is 1. The van der Waals surface area contributed by atoms with E-state index in [1.165, 1.54) is 6.07 Å². The fourth-order valence-corrected chi connectivity index (χ4v) is 4.63. The average Bonchev–Trinajstić information content (AvgIpc) is 2.91. The highest BCUT2D eigenvalue weighted by molar-refractivity contribution is 6.04. The van der Waals surface area contributed by atoms with Gasteiger partial charge in [-0.25, -0.2) is 9.18 Å². The van der Waals surface area contributed by atoms with Gasteiger partial charge < -0.3 is 14.2 Å². The molecule has 0 saturated carbocycles. The Hall–Kier alpha value is -2.09. The van der Waals surface area contributed by atoms with Crippen molar-refractivity contribution in [3.8, 4) is 0 Å². The van der Waals surface area contributed by atoms with Gasteiger partial charge in [0.25, 0.3) is 0 Å². The molecule has 4 rings (SSSR count). The van der Waals surface area contributed by atoms with Gasteiger partial charge in [-0.2, -0.15) is 13.2 Å². The van der Waals surface area contributed by atoms with Gasteiger partial charge in [0.2, 0.25) is 0 Å². The molecule has 2 aliphatic heterocycles. The number of benzene rings is 1. The van der Waals surface area contributed by atoms with Crippen LogP contribution in [0.15, 0.2) is 24.4 Å². The van der Waals surface area contributed by atoms with E-state index in [2.05, 4.69) is 11.9 Å². The average molecular weight is 398 g/mol. The SMILES string of the molecule is CN1[C@@H]2CCC[C@H]1C[C@H](OC(=O)c1cn(CC(F)(F)F)c3ccc(F)cc13)C2. The van der Waals surface area contributed by atoms with Crippen LogP contribution in [0.25, 0.3) is 10.9 Å². The molecule has 0 aliphatic carbocycles. The molecule has 3 heterocycles. The van der Waals surface area contributed by atoms with Crippen LogP contribution in [0.5, 0.6) is 0 Å². The number of carbonyl (C=O) groups is 1. The van der Waals surface area contributed by atoms with Crippen molar-refractivity contribution in [3.05, 3.63) is 35.8 Å². The van der Waals surface area contributed by atoms with Crippen molar-refractivity contribution in [2.24, 2.45) is 0 Å². The topological polar surface area (TPSA) is 34.5 Å².